The number of nitrogens with one attached hydrogen (secondary N) is 1. The minimum atomic E-state index is -0.979. The molecule has 25 heavy (non-hydrogen) atoms. The molecule has 3 rings (SSSR count). The molecule has 2 atom stereocenters. The van der Waals surface area contributed by atoms with E-state index in [1.165, 1.54) is 0 Å². The van der Waals surface area contributed by atoms with E-state index in [9.17, 15) is 9.59 Å². The van der Waals surface area contributed by atoms with Gasteiger partial charge < -0.3 is 14.4 Å². The number of esters is 1. The minimum absolute atomic E-state index is 0.225. The van der Waals surface area contributed by atoms with E-state index in [0.29, 0.717) is 32.3 Å². The van der Waals surface area contributed by atoms with Gasteiger partial charge in [0, 0.05) is 13.1 Å². The molecule has 0 aliphatic carbocycles. The van der Waals surface area contributed by atoms with E-state index in [1.807, 2.05) is 36.1 Å². The van der Waals surface area contributed by atoms with Crippen LogP contribution >= 0.6 is 0 Å². The lowest BCUT2D eigenvalue weighted by atomic mass is 9.91. The van der Waals surface area contributed by atoms with Crippen molar-refractivity contribution in [2.24, 2.45) is 10.9 Å². The Morgan fingerprint density at radius 3 is 2.64 bits per heavy atom. The highest BCUT2D eigenvalue weighted by molar-refractivity contribution is 6.08. The van der Waals surface area contributed by atoms with Gasteiger partial charge in [0.15, 0.2) is 5.92 Å². The Bertz CT molecular complexity index is 665. The number of hydrogen-bond acceptors (Lipinski definition) is 6. The van der Waals surface area contributed by atoms with Crippen molar-refractivity contribution in [1.82, 2.24) is 10.2 Å². The molecule has 0 unspecified atom stereocenters. The SMILES string of the molecule is CCOC(=O)[C@H]1C(=O)NC(N2CCOCC2)=N[C@H]1c1ccc(C)cc1. The van der Waals surface area contributed by atoms with Crippen molar-refractivity contribution in [2.75, 3.05) is 32.9 Å². The molecule has 134 valence electrons. The van der Waals surface area contributed by atoms with Crippen LogP contribution < -0.4 is 5.32 Å². The van der Waals surface area contributed by atoms with Crippen LogP contribution in [0.25, 0.3) is 0 Å². The Labute approximate surface area is 147 Å². The van der Waals surface area contributed by atoms with Crippen LogP contribution in [-0.4, -0.2) is 55.6 Å². The van der Waals surface area contributed by atoms with Crippen LogP contribution in [0.3, 0.4) is 0 Å². The second-order valence-electron chi connectivity index (χ2n) is 6.13. The number of aryl methyl sites for hydroxylation is 1. The maximum absolute atomic E-state index is 12.7. The smallest absolute Gasteiger partial charge is 0.321 e. The standard InChI is InChI=1S/C18H23N3O4/c1-3-25-17(23)14-15(13-6-4-12(2)5-7-13)19-18(20-16(14)22)21-8-10-24-11-9-21/h4-7,14-15H,3,8-11H2,1-2H3,(H,19,20,22)/t14-,15+/m1/s1. The number of guanidine groups is 1. The summed E-state index contributed by atoms with van der Waals surface area (Å²) in [6.07, 6.45) is 0. The fourth-order valence-corrected chi connectivity index (χ4v) is 3.00. The Morgan fingerprint density at radius 1 is 1.32 bits per heavy atom. The van der Waals surface area contributed by atoms with Crippen LogP contribution in [0.1, 0.15) is 24.1 Å². The van der Waals surface area contributed by atoms with E-state index < -0.39 is 17.9 Å². The molecule has 0 saturated carbocycles. The van der Waals surface area contributed by atoms with E-state index in [-0.39, 0.29) is 12.5 Å². The molecule has 0 spiro atoms. The monoisotopic (exact) mass is 345 g/mol. The van der Waals surface area contributed by atoms with E-state index in [0.717, 1.165) is 11.1 Å². The first kappa shape index (κ1) is 17.4. The molecular weight excluding hydrogens is 322 g/mol. The van der Waals surface area contributed by atoms with Crippen molar-refractivity contribution in [1.29, 1.82) is 0 Å². The summed E-state index contributed by atoms with van der Waals surface area (Å²) in [5.74, 6) is -1.40. The molecule has 1 aromatic carbocycles. The largest absolute Gasteiger partial charge is 0.465 e. The van der Waals surface area contributed by atoms with Gasteiger partial charge in [-0.2, -0.15) is 0 Å². The summed E-state index contributed by atoms with van der Waals surface area (Å²) in [6, 6.07) is 7.13. The number of amides is 1. The second-order valence-corrected chi connectivity index (χ2v) is 6.13. The van der Waals surface area contributed by atoms with Crippen molar-refractivity contribution < 1.29 is 19.1 Å². The predicted molar refractivity (Wildman–Crippen MR) is 92.0 cm³/mol. The normalized spacial score (nSPS) is 23.7. The first-order valence-electron chi connectivity index (χ1n) is 8.54. The summed E-state index contributed by atoms with van der Waals surface area (Å²) >= 11 is 0. The van der Waals surface area contributed by atoms with Gasteiger partial charge in [-0.3, -0.25) is 14.9 Å². The maximum Gasteiger partial charge on any atom is 0.321 e. The minimum Gasteiger partial charge on any atom is -0.465 e. The number of carbonyl (C=O) groups is 2. The lowest BCUT2D eigenvalue weighted by Gasteiger charge is -2.35. The molecule has 1 saturated heterocycles. The van der Waals surface area contributed by atoms with Crippen molar-refractivity contribution >= 4 is 17.8 Å². The number of carbonyl (C=O) groups excluding carboxylic acids is 2. The van der Waals surface area contributed by atoms with E-state index in [2.05, 4.69) is 5.32 Å². The zero-order valence-corrected chi connectivity index (χ0v) is 14.5. The topological polar surface area (TPSA) is 80.2 Å². The third-order valence-corrected chi connectivity index (χ3v) is 4.36. The summed E-state index contributed by atoms with van der Waals surface area (Å²) in [5.41, 5.74) is 1.93. The molecule has 2 aliphatic heterocycles. The summed E-state index contributed by atoms with van der Waals surface area (Å²) in [7, 11) is 0. The fourth-order valence-electron chi connectivity index (χ4n) is 3.00. The summed E-state index contributed by atoms with van der Waals surface area (Å²) < 4.78 is 10.5. The molecule has 0 bridgehead atoms. The van der Waals surface area contributed by atoms with Gasteiger partial charge in [-0.05, 0) is 19.4 Å². The number of rotatable bonds is 3. The van der Waals surface area contributed by atoms with Gasteiger partial charge in [0.2, 0.25) is 11.9 Å². The molecule has 1 fully saturated rings. The first-order valence-corrected chi connectivity index (χ1v) is 8.54. The highest BCUT2D eigenvalue weighted by Crippen LogP contribution is 2.31. The fraction of sp³-hybridized carbons (Fsp3) is 0.500. The van der Waals surface area contributed by atoms with Crippen LogP contribution in [0.15, 0.2) is 29.3 Å². The number of aliphatic imine (C=N–C) groups is 1. The summed E-state index contributed by atoms with van der Waals surface area (Å²) in [6.45, 7) is 6.43. The number of morpholine rings is 1. The Hall–Kier alpha value is -2.41. The van der Waals surface area contributed by atoms with Gasteiger partial charge in [0.1, 0.15) is 6.04 Å². The van der Waals surface area contributed by atoms with Gasteiger partial charge in [-0.15, -0.1) is 0 Å². The van der Waals surface area contributed by atoms with Crippen molar-refractivity contribution in [2.45, 2.75) is 19.9 Å². The van der Waals surface area contributed by atoms with E-state index >= 15 is 0 Å². The van der Waals surface area contributed by atoms with Crippen LogP contribution in [0, 0.1) is 12.8 Å². The quantitative estimate of drug-likeness (QED) is 0.654. The van der Waals surface area contributed by atoms with Gasteiger partial charge in [0.25, 0.3) is 0 Å². The third kappa shape index (κ3) is 3.82. The lowest BCUT2D eigenvalue weighted by molar-refractivity contribution is -0.153. The van der Waals surface area contributed by atoms with Crippen molar-refractivity contribution in [3.63, 3.8) is 0 Å². The third-order valence-electron chi connectivity index (χ3n) is 4.36. The molecule has 7 nitrogen and oxygen atoms in total. The highest BCUT2D eigenvalue weighted by Gasteiger charge is 2.42. The van der Waals surface area contributed by atoms with Crippen molar-refractivity contribution in [3.8, 4) is 0 Å². The molecule has 7 heteroatoms. The zero-order valence-electron chi connectivity index (χ0n) is 14.5. The zero-order chi connectivity index (χ0) is 17.8. The average molecular weight is 345 g/mol. The number of nitrogens with zero attached hydrogens (tertiary/aromatic N) is 2. The first-order chi connectivity index (χ1) is 12.1. The van der Waals surface area contributed by atoms with Gasteiger partial charge in [0.05, 0.1) is 19.8 Å². The van der Waals surface area contributed by atoms with Crippen LogP contribution in [0.4, 0.5) is 0 Å². The Balaban J connectivity index is 1.95. The molecule has 1 N–H and O–H groups in total. The highest BCUT2D eigenvalue weighted by atomic mass is 16.5. The average Bonchev–Trinajstić information content (AvgIpc) is 2.62. The molecule has 2 heterocycles. The van der Waals surface area contributed by atoms with E-state index in [1.54, 1.807) is 6.92 Å². The van der Waals surface area contributed by atoms with Crippen LogP contribution in [0.2, 0.25) is 0 Å². The van der Waals surface area contributed by atoms with Crippen molar-refractivity contribution in [3.05, 3.63) is 35.4 Å². The molecule has 0 radical (unpaired) electrons. The molecule has 1 amide bonds. The molecule has 0 aromatic heterocycles. The predicted octanol–water partition coefficient (Wildman–Crippen LogP) is 1.03. The molecule has 1 aromatic rings. The summed E-state index contributed by atoms with van der Waals surface area (Å²) in [4.78, 5) is 31.7. The number of benzene rings is 1. The number of hydrogen-bond donors (Lipinski definition) is 1. The van der Waals surface area contributed by atoms with E-state index in [4.69, 9.17) is 14.5 Å². The van der Waals surface area contributed by atoms with Crippen LogP contribution in [-0.2, 0) is 19.1 Å². The maximum atomic E-state index is 12.7. The molecule has 2 aliphatic rings. The van der Waals surface area contributed by atoms with Gasteiger partial charge in [-0.1, -0.05) is 29.8 Å². The van der Waals surface area contributed by atoms with Gasteiger partial charge in [-0.25, -0.2) is 4.99 Å². The number of ether oxygens (including phenoxy) is 2. The lowest BCUT2D eigenvalue weighted by Crippen LogP contribution is -2.55. The second kappa shape index (κ2) is 7.65. The molecular formula is C18H23N3O4. The Kier molecular flexibility index (Phi) is 5.33. The summed E-state index contributed by atoms with van der Waals surface area (Å²) in [5, 5.41) is 2.77. The van der Waals surface area contributed by atoms with Crippen LogP contribution in [0.5, 0.6) is 0 Å². The van der Waals surface area contributed by atoms with Gasteiger partial charge >= 0.3 is 5.97 Å². The Morgan fingerprint density at radius 2 is 2.00 bits per heavy atom.